The molecule has 1 rings (SSSR count). The van der Waals surface area contributed by atoms with Crippen LogP contribution in [0.4, 0.5) is 5.88 Å². The van der Waals surface area contributed by atoms with Crippen LogP contribution < -0.4 is 5.32 Å². The van der Waals surface area contributed by atoms with E-state index in [1.54, 1.807) is 0 Å². The van der Waals surface area contributed by atoms with Gasteiger partial charge in [-0.3, -0.25) is 14.9 Å². The number of rotatable bonds is 14. The van der Waals surface area contributed by atoms with Crippen molar-refractivity contribution in [2.45, 2.75) is 84.1 Å². The highest BCUT2D eigenvalue weighted by molar-refractivity contribution is 5.91. The van der Waals surface area contributed by atoms with E-state index in [1.165, 1.54) is 75.7 Å². The summed E-state index contributed by atoms with van der Waals surface area (Å²) in [5.41, 5.74) is 0. The molecule has 1 aromatic rings. The zero-order valence-corrected chi connectivity index (χ0v) is 16.0. The highest BCUT2D eigenvalue weighted by Crippen LogP contribution is 2.16. The van der Waals surface area contributed by atoms with Gasteiger partial charge in [0.25, 0.3) is 0 Å². The monoisotopic (exact) mass is 364 g/mol. The lowest BCUT2D eigenvalue weighted by molar-refractivity contribution is -0.402. The van der Waals surface area contributed by atoms with Crippen LogP contribution in [-0.4, -0.2) is 16.9 Å². The number of nitro groups is 1. The number of carbonyl (C=O) groups excluding carboxylic acids is 1. The van der Waals surface area contributed by atoms with Crippen molar-refractivity contribution in [3.63, 3.8) is 0 Å². The molecular weight excluding hydrogens is 332 g/mol. The van der Waals surface area contributed by atoms with E-state index in [9.17, 15) is 14.9 Å². The standard InChI is InChI=1S/C20H32N2O4/c1-3-4-5-6-7-8-9-10-11-12-17(2)21-19(23)15-13-18-14-16-20(26-18)22(24)25/h13-17H,3-12H2,1-2H3,(H,21,23)/b15-13+. The third kappa shape index (κ3) is 10.0. The molecule has 0 radical (unpaired) electrons. The van der Waals surface area contributed by atoms with E-state index in [0.717, 1.165) is 12.8 Å². The Morgan fingerprint density at radius 3 is 2.35 bits per heavy atom. The Labute approximate surface area is 156 Å². The Kier molecular flexibility index (Phi) is 11.1. The predicted octanol–water partition coefficient (Wildman–Crippen LogP) is 5.63. The van der Waals surface area contributed by atoms with Gasteiger partial charge in [0.2, 0.25) is 5.91 Å². The molecule has 1 aromatic heterocycles. The summed E-state index contributed by atoms with van der Waals surface area (Å²) in [7, 11) is 0. The number of hydrogen-bond acceptors (Lipinski definition) is 4. The lowest BCUT2D eigenvalue weighted by Crippen LogP contribution is -2.30. The van der Waals surface area contributed by atoms with Crippen LogP contribution in [0.3, 0.4) is 0 Å². The van der Waals surface area contributed by atoms with Crippen molar-refractivity contribution >= 4 is 17.9 Å². The lowest BCUT2D eigenvalue weighted by atomic mass is 10.0. The highest BCUT2D eigenvalue weighted by Gasteiger charge is 2.10. The third-order valence-corrected chi connectivity index (χ3v) is 4.32. The van der Waals surface area contributed by atoms with E-state index >= 15 is 0 Å². The summed E-state index contributed by atoms with van der Waals surface area (Å²) in [5.74, 6) is -0.255. The van der Waals surface area contributed by atoms with Gasteiger partial charge in [-0.1, -0.05) is 64.7 Å². The molecule has 0 saturated carbocycles. The molecule has 1 atom stereocenters. The number of nitrogens with zero attached hydrogens (tertiary/aromatic N) is 1. The molecular formula is C20H32N2O4. The van der Waals surface area contributed by atoms with Crippen molar-refractivity contribution in [2.75, 3.05) is 0 Å². The van der Waals surface area contributed by atoms with Crippen LogP contribution in [0.25, 0.3) is 6.08 Å². The fourth-order valence-electron chi connectivity index (χ4n) is 2.81. The van der Waals surface area contributed by atoms with Crippen LogP contribution >= 0.6 is 0 Å². The fourth-order valence-corrected chi connectivity index (χ4v) is 2.81. The van der Waals surface area contributed by atoms with Crippen LogP contribution in [0.2, 0.25) is 0 Å². The molecule has 0 aliphatic heterocycles. The first kappa shape index (κ1) is 21.9. The Hall–Kier alpha value is -2.11. The largest absolute Gasteiger partial charge is 0.433 e. The predicted molar refractivity (Wildman–Crippen MR) is 104 cm³/mol. The van der Waals surface area contributed by atoms with Crippen LogP contribution in [0.15, 0.2) is 22.6 Å². The Balaban J connectivity index is 2.10. The first-order chi connectivity index (χ1) is 12.5. The second-order valence-electron chi connectivity index (χ2n) is 6.79. The fraction of sp³-hybridized carbons (Fsp3) is 0.650. The average Bonchev–Trinajstić information content (AvgIpc) is 3.08. The normalized spacial score (nSPS) is 12.4. The van der Waals surface area contributed by atoms with Gasteiger partial charge in [0.05, 0.1) is 6.07 Å². The maximum Gasteiger partial charge on any atom is 0.433 e. The Morgan fingerprint density at radius 1 is 1.15 bits per heavy atom. The van der Waals surface area contributed by atoms with Crippen molar-refractivity contribution in [3.05, 3.63) is 34.1 Å². The van der Waals surface area contributed by atoms with Gasteiger partial charge in [0, 0.05) is 12.1 Å². The zero-order chi connectivity index (χ0) is 19.2. The van der Waals surface area contributed by atoms with Crippen molar-refractivity contribution in [1.29, 1.82) is 0 Å². The SMILES string of the molecule is CCCCCCCCCCCC(C)NC(=O)/C=C/c1ccc([N+](=O)[O-])o1. The second-order valence-corrected chi connectivity index (χ2v) is 6.79. The van der Waals surface area contributed by atoms with E-state index in [0.29, 0.717) is 5.76 Å². The molecule has 1 unspecified atom stereocenters. The maximum absolute atomic E-state index is 11.9. The first-order valence-electron chi connectivity index (χ1n) is 9.75. The molecule has 1 heterocycles. The molecule has 0 aromatic carbocycles. The maximum atomic E-state index is 11.9. The lowest BCUT2D eigenvalue weighted by Gasteiger charge is -2.12. The van der Waals surface area contributed by atoms with E-state index in [2.05, 4.69) is 12.2 Å². The van der Waals surface area contributed by atoms with Crippen molar-refractivity contribution in [1.82, 2.24) is 5.32 Å². The van der Waals surface area contributed by atoms with Crippen LogP contribution in [0.5, 0.6) is 0 Å². The summed E-state index contributed by atoms with van der Waals surface area (Å²) in [6.45, 7) is 4.23. The molecule has 0 fully saturated rings. The van der Waals surface area contributed by atoms with Gasteiger partial charge < -0.3 is 9.73 Å². The minimum atomic E-state index is -0.606. The molecule has 146 valence electrons. The quantitative estimate of drug-likeness (QED) is 0.201. The summed E-state index contributed by atoms with van der Waals surface area (Å²) in [5, 5.41) is 13.4. The smallest absolute Gasteiger partial charge is 0.401 e. The van der Waals surface area contributed by atoms with Gasteiger partial charge in [0.15, 0.2) is 0 Å². The molecule has 6 heteroatoms. The molecule has 26 heavy (non-hydrogen) atoms. The Bertz CT molecular complexity index is 566. The number of carbonyl (C=O) groups is 1. The van der Waals surface area contributed by atoms with Crippen molar-refractivity contribution < 1.29 is 14.1 Å². The van der Waals surface area contributed by atoms with E-state index < -0.39 is 4.92 Å². The van der Waals surface area contributed by atoms with E-state index in [1.807, 2.05) is 6.92 Å². The summed E-state index contributed by atoms with van der Waals surface area (Å²) in [6.07, 6.45) is 15.3. The first-order valence-corrected chi connectivity index (χ1v) is 9.75. The zero-order valence-electron chi connectivity index (χ0n) is 16.0. The minimum absolute atomic E-state index is 0.114. The summed E-state index contributed by atoms with van der Waals surface area (Å²) in [6, 6.07) is 2.85. The van der Waals surface area contributed by atoms with E-state index in [4.69, 9.17) is 4.42 Å². The molecule has 0 saturated heterocycles. The van der Waals surface area contributed by atoms with Crippen LogP contribution in [-0.2, 0) is 4.79 Å². The number of amides is 1. The highest BCUT2D eigenvalue weighted by atomic mass is 16.6. The van der Waals surface area contributed by atoms with Gasteiger partial charge in [-0.05, 0) is 25.5 Å². The Morgan fingerprint density at radius 2 is 1.77 bits per heavy atom. The summed E-state index contributed by atoms with van der Waals surface area (Å²) >= 11 is 0. The van der Waals surface area contributed by atoms with Crippen molar-refractivity contribution in [3.8, 4) is 0 Å². The minimum Gasteiger partial charge on any atom is -0.401 e. The molecule has 0 aliphatic rings. The molecule has 0 bridgehead atoms. The van der Waals surface area contributed by atoms with Gasteiger partial charge in [-0.25, -0.2) is 0 Å². The third-order valence-electron chi connectivity index (χ3n) is 4.32. The molecule has 1 amide bonds. The molecule has 0 spiro atoms. The molecule has 6 nitrogen and oxygen atoms in total. The summed E-state index contributed by atoms with van der Waals surface area (Å²) < 4.78 is 4.97. The average molecular weight is 364 g/mol. The number of nitrogens with one attached hydrogen (secondary N) is 1. The van der Waals surface area contributed by atoms with E-state index in [-0.39, 0.29) is 17.8 Å². The summed E-state index contributed by atoms with van der Waals surface area (Å²) in [4.78, 5) is 21.8. The molecule has 1 N–H and O–H groups in total. The second kappa shape index (κ2) is 13.1. The van der Waals surface area contributed by atoms with Crippen LogP contribution in [0, 0.1) is 10.1 Å². The van der Waals surface area contributed by atoms with Gasteiger partial charge in [-0.2, -0.15) is 0 Å². The van der Waals surface area contributed by atoms with Crippen molar-refractivity contribution in [2.24, 2.45) is 0 Å². The van der Waals surface area contributed by atoms with Gasteiger partial charge >= 0.3 is 5.88 Å². The number of unbranched alkanes of at least 4 members (excludes halogenated alkanes) is 8. The van der Waals surface area contributed by atoms with Gasteiger partial charge in [0.1, 0.15) is 10.7 Å². The van der Waals surface area contributed by atoms with Gasteiger partial charge in [-0.15, -0.1) is 0 Å². The number of furan rings is 1. The number of hydrogen-bond donors (Lipinski definition) is 1. The molecule has 0 aliphatic carbocycles. The van der Waals surface area contributed by atoms with Crippen LogP contribution in [0.1, 0.15) is 83.8 Å². The topological polar surface area (TPSA) is 85.4 Å².